The molecule has 1 aromatic carbocycles. The number of hydrogen-bond acceptors (Lipinski definition) is 3. The molecular formula is C14H18FNO3. The van der Waals surface area contributed by atoms with E-state index in [4.69, 9.17) is 4.74 Å². The Kier molecular flexibility index (Phi) is 3.75. The van der Waals surface area contributed by atoms with Crippen LogP contribution in [-0.4, -0.2) is 30.3 Å². The third-order valence-electron chi connectivity index (χ3n) is 3.71. The highest BCUT2D eigenvalue weighted by Gasteiger charge is 2.51. The summed E-state index contributed by atoms with van der Waals surface area (Å²) in [6.45, 7) is 1.79. The molecule has 104 valence electrons. The zero-order valence-corrected chi connectivity index (χ0v) is 11.1. The van der Waals surface area contributed by atoms with Gasteiger partial charge in [-0.1, -0.05) is 6.07 Å². The third kappa shape index (κ3) is 2.71. The van der Waals surface area contributed by atoms with Crippen molar-refractivity contribution < 1.29 is 19.0 Å². The number of carboxylic acids is 1. The fraction of sp³-hybridized carbons (Fsp3) is 0.500. The van der Waals surface area contributed by atoms with Gasteiger partial charge < -0.3 is 15.2 Å². The molecule has 1 aliphatic rings. The summed E-state index contributed by atoms with van der Waals surface area (Å²) >= 11 is 0. The van der Waals surface area contributed by atoms with E-state index in [2.05, 4.69) is 5.32 Å². The highest BCUT2D eigenvalue weighted by atomic mass is 19.1. The number of ether oxygens (including phenoxy) is 1. The quantitative estimate of drug-likeness (QED) is 0.827. The largest absolute Gasteiger partial charge is 0.491 e. The maximum atomic E-state index is 13.2. The molecule has 2 rings (SSSR count). The predicted octanol–water partition coefficient (Wildman–Crippen LogP) is 1.97. The van der Waals surface area contributed by atoms with Crippen LogP contribution in [0.3, 0.4) is 0 Å². The number of benzene rings is 1. The number of hydrogen-bond donors (Lipinski definition) is 2. The van der Waals surface area contributed by atoms with Crippen LogP contribution in [0.5, 0.6) is 5.75 Å². The number of halogens is 1. The first-order chi connectivity index (χ1) is 8.99. The maximum absolute atomic E-state index is 13.2. The van der Waals surface area contributed by atoms with Crippen LogP contribution in [-0.2, 0) is 4.79 Å². The summed E-state index contributed by atoms with van der Waals surface area (Å²) < 4.78 is 18.7. The van der Waals surface area contributed by atoms with E-state index >= 15 is 0 Å². The van der Waals surface area contributed by atoms with Crippen LogP contribution in [0.15, 0.2) is 18.2 Å². The standard InChI is InChI=1S/C14H18FNO3/c1-9-3-6-11(15)7-12(9)19-8-14(16-2,13(17)18)10-4-5-10/h3,6-7,10,16H,4-5,8H2,1-2H3,(H,17,18). The van der Waals surface area contributed by atoms with Gasteiger partial charge in [0.2, 0.25) is 0 Å². The summed E-state index contributed by atoms with van der Waals surface area (Å²) in [5.74, 6) is -0.852. The Hall–Kier alpha value is -1.62. The van der Waals surface area contributed by atoms with Gasteiger partial charge in [-0.2, -0.15) is 0 Å². The van der Waals surface area contributed by atoms with Crippen molar-refractivity contribution in [1.82, 2.24) is 5.32 Å². The van der Waals surface area contributed by atoms with Gasteiger partial charge in [-0.3, -0.25) is 4.79 Å². The minimum absolute atomic E-state index is 0.00616. The smallest absolute Gasteiger partial charge is 0.327 e. The summed E-state index contributed by atoms with van der Waals surface area (Å²) in [5.41, 5.74) is -0.300. The van der Waals surface area contributed by atoms with Gasteiger partial charge in [0.15, 0.2) is 5.54 Å². The highest BCUT2D eigenvalue weighted by molar-refractivity contribution is 5.80. The van der Waals surface area contributed by atoms with Crippen LogP contribution in [0.2, 0.25) is 0 Å². The second-order valence-electron chi connectivity index (χ2n) is 5.00. The predicted molar refractivity (Wildman–Crippen MR) is 68.8 cm³/mol. The molecule has 0 amide bonds. The van der Waals surface area contributed by atoms with Crippen LogP contribution in [0.1, 0.15) is 18.4 Å². The van der Waals surface area contributed by atoms with E-state index in [1.165, 1.54) is 12.1 Å². The molecule has 2 N–H and O–H groups in total. The lowest BCUT2D eigenvalue weighted by atomic mass is 9.94. The molecule has 0 saturated heterocycles. The fourth-order valence-electron chi connectivity index (χ4n) is 2.23. The van der Waals surface area contributed by atoms with Crippen molar-refractivity contribution in [3.05, 3.63) is 29.6 Å². The lowest BCUT2D eigenvalue weighted by Crippen LogP contribution is -2.56. The lowest BCUT2D eigenvalue weighted by molar-refractivity contribution is -0.147. The van der Waals surface area contributed by atoms with Gasteiger partial charge in [-0.15, -0.1) is 0 Å². The Morgan fingerprint density at radius 1 is 1.58 bits per heavy atom. The van der Waals surface area contributed by atoms with Crippen molar-refractivity contribution in [2.24, 2.45) is 5.92 Å². The zero-order valence-electron chi connectivity index (χ0n) is 11.1. The minimum Gasteiger partial charge on any atom is -0.491 e. The van der Waals surface area contributed by atoms with E-state index in [1.807, 2.05) is 0 Å². The van der Waals surface area contributed by atoms with Gasteiger partial charge in [0, 0.05) is 6.07 Å². The highest BCUT2D eigenvalue weighted by Crippen LogP contribution is 2.40. The Labute approximate surface area is 111 Å². The second-order valence-corrected chi connectivity index (χ2v) is 5.00. The molecule has 1 saturated carbocycles. The molecule has 0 heterocycles. The van der Waals surface area contributed by atoms with Crippen LogP contribution in [0.25, 0.3) is 0 Å². The van der Waals surface area contributed by atoms with E-state index in [9.17, 15) is 14.3 Å². The maximum Gasteiger partial charge on any atom is 0.327 e. The van der Waals surface area contributed by atoms with E-state index < -0.39 is 17.3 Å². The molecule has 0 radical (unpaired) electrons. The normalized spacial score (nSPS) is 17.8. The molecule has 19 heavy (non-hydrogen) atoms. The summed E-state index contributed by atoms with van der Waals surface area (Å²) in [6, 6.07) is 4.25. The van der Waals surface area contributed by atoms with Crippen LogP contribution < -0.4 is 10.1 Å². The lowest BCUT2D eigenvalue weighted by Gasteiger charge is -2.29. The SMILES string of the molecule is CNC(COc1cc(F)ccc1C)(C(=O)O)C1CC1. The van der Waals surface area contributed by atoms with Crippen molar-refractivity contribution >= 4 is 5.97 Å². The summed E-state index contributed by atoms with van der Waals surface area (Å²) in [6.07, 6.45) is 1.75. The number of aliphatic carboxylic acids is 1. The van der Waals surface area contributed by atoms with Gasteiger partial charge in [-0.05, 0) is 44.4 Å². The Morgan fingerprint density at radius 2 is 2.26 bits per heavy atom. The Morgan fingerprint density at radius 3 is 2.79 bits per heavy atom. The number of aryl methyl sites for hydroxylation is 1. The number of rotatable bonds is 6. The van der Waals surface area contributed by atoms with Crippen molar-refractivity contribution in [2.45, 2.75) is 25.3 Å². The van der Waals surface area contributed by atoms with Crippen LogP contribution in [0.4, 0.5) is 4.39 Å². The fourth-order valence-corrected chi connectivity index (χ4v) is 2.23. The monoisotopic (exact) mass is 267 g/mol. The number of carboxylic acid groups (broad SMARTS) is 1. The van der Waals surface area contributed by atoms with Gasteiger partial charge in [0.1, 0.15) is 18.2 Å². The van der Waals surface area contributed by atoms with Crippen molar-refractivity contribution in [3.8, 4) is 5.75 Å². The molecule has 0 aromatic heterocycles. The topological polar surface area (TPSA) is 58.6 Å². The molecule has 0 spiro atoms. The van der Waals surface area contributed by atoms with Crippen molar-refractivity contribution in [1.29, 1.82) is 0 Å². The van der Waals surface area contributed by atoms with E-state index in [0.717, 1.165) is 18.4 Å². The molecule has 0 aliphatic heterocycles. The van der Waals surface area contributed by atoms with E-state index in [1.54, 1.807) is 20.0 Å². The van der Waals surface area contributed by atoms with Gasteiger partial charge in [-0.25, -0.2) is 4.39 Å². The second kappa shape index (κ2) is 5.17. The summed E-state index contributed by atoms with van der Waals surface area (Å²) in [7, 11) is 1.62. The summed E-state index contributed by atoms with van der Waals surface area (Å²) in [5, 5.41) is 12.3. The average molecular weight is 267 g/mol. The first-order valence-electron chi connectivity index (χ1n) is 6.31. The molecule has 4 nitrogen and oxygen atoms in total. The molecule has 1 atom stereocenters. The average Bonchev–Trinajstić information content (AvgIpc) is 3.19. The zero-order chi connectivity index (χ0) is 14.0. The minimum atomic E-state index is -1.08. The first-order valence-corrected chi connectivity index (χ1v) is 6.31. The van der Waals surface area contributed by atoms with Crippen molar-refractivity contribution in [3.63, 3.8) is 0 Å². The van der Waals surface area contributed by atoms with Crippen LogP contribution >= 0.6 is 0 Å². The van der Waals surface area contributed by atoms with E-state index in [-0.39, 0.29) is 12.5 Å². The molecular weight excluding hydrogens is 249 g/mol. The van der Waals surface area contributed by atoms with Gasteiger partial charge in [0.25, 0.3) is 0 Å². The molecule has 1 aliphatic carbocycles. The number of carbonyl (C=O) groups is 1. The Bertz CT molecular complexity index is 488. The molecule has 1 aromatic rings. The van der Waals surface area contributed by atoms with Gasteiger partial charge in [0.05, 0.1) is 0 Å². The summed E-state index contributed by atoms with van der Waals surface area (Å²) in [4.78, 5) is 11.5. The van der Waals surface area contributed by atoms with Crippen molar-refractivity contribution in [2.75, 3.05) is 13.7 Å². The molecule has 0 bridgehead atoms. The number of nitrogens with one attached hydrogen (secondary N) is 1. The van der Waals surface area contributed by atoms with Crippen LogP contribution in [0, 0.1) is 18.7 Å². The Balaban J connectivity index is 2.15. The molecule has 1 unspecified atom stereocenters. The molecule has 5 heteroatoms. The first kappa shape index (κ1) is 13.8. The van der Waals surface area contributed by atoms with E-state index in [0.29, 0.717) is 5.75 Å². The molecule has 1 fully saturated rings. The number of likely N-dealkylation sites (N-methyl/N-ethyl adjacent to an activating group) is 1. The van der Waals surface area contributed by atoms with Gasteiger partial charge >= 0.3 is 5.97 Å². The third-order valence-corrected chi connectivity index (χ3v) is 3.71.